The summed E-state index contributed by atoms with van der Waals surface area (Å²) in [6, 6.07) is 0. The molecular weight excluding hydrogens is 492 g/mol. The monoisotopic (exact) mass is 503 g/mol. The van der Waals surface area contributed by atoms with E-state index in [-0.39, 0.29) is 0 Å². The Balaban J connectivity index is 6.36. The van der Waals surface area contributed by atoms with Gasteiger partial charge < -0.3 is 0 Å². The summed E-state index contributed by atoms with van der Waals surface area (Å²) in [6.07, 6.45) is -35.9. The molecule has 0 fully saturated rings. The van der Waals surface area contributed by atoms with Crippen molar-refractivity contribution in [2.24, 2.45) is 11.8 Å². The molecule has 0 radical (unpaired) electrons. The van der Waals surface area contributed by atoms with E-state index in [4.69, 9.17) is 0 Å². The zero-order valence-electron chi connectivity index (χ0n) is 13.9. The normalized spacial score (nSPS) is 15.7. The van der Waals surface area contributed by atoms with Crippen molar-refractivity contribution in [3.63, 3.8) is 0 Å². The minimum absolute atomic E-state index is 1.84. The van der Waals surface area contributed by atoms with Crippen molar-refractivity contribution in [3.05, 3.63) is 0 Å². The first-order valence-corrected chi connectivity index (χ1v) is 8.68. The molecule has 0 aromatic carbocycles. The van der Waals surface area contributed by atoms with Crippen LogP contribution in [0.15, 0.2) is 0 Å². The molecule has 0 amide bonds. The molecule has 0 spiro atoms. The zero-order chi connectivity index (χ0) is 24.6. The van der Waals surface area contributed by atoms with Gasteiger partial charge in [0.15, 0.2) is 0 Å². The molecule has 0 aromatic rings. The predicted molar refractivity (Wildman–Crippen MR) is 68.3 cm³/mol. The van der Waals surface area contributed by atoms with Gasteiger partial charge in [0.05, 0.1) is 5.75 Å². The summed E-state index contributed by atoms with van der Waals surface area (Å²) in [5.74, 6) is -1.07. The Kier molecular flexibility index (Phi) is 8.12. The van der Waals surface area contributed by atoms with E-state index < -0.39 is 77.1 Å². The van der Waals surface area contributed by atoms with Crippen molar-refractivity contribution in [3.8, 4) is 0 Å². The molecule has 0 bridgehead atoms. The first kappa shape index (κ1) is 28.9. The summed E-state index contributed by atoms with van der Waals surface area (Å²) in [5, 5.41) is 0. The molecule has 0 aliphatic heterocycles. The van der Waals surface area contributed by atoms with E-state index in [9.17, 15) is 69.9 Å². The average molecular weight is 503 g/mol. The minimum Gasteiger partial charge on any atom is -0.224 e. The molecule has 0 atom stereocenters. The van der Waals surface area contributed by atoms with Crippen LogP contribution in [-0.4, -0.2) is 50.2 Å². The predicted octanol–water partition coefficient (Wildman–Crippen LogP) is 4.66. The van der Waals surface area contributed by atoms with E-state index in [1.54, 1.807) is 0 Å². The summed E-state index contributed by atoms with van der Waals surface area (Å²) in [6.45, 7) is 0. The van der Waals surface area contributed by atoms with Crippen LogP contribution >= 0.6 is 0 Å². The molecule has 19 heteroatoms. The molecular formula is C11H11F14NO3S. The highest BCUT2D eigenvalue weighted by molar-refractivity contribution is 7.86. The summed E-state index contributed by atoms with van der Waals surface area (Å²) in [7, 11) is -5.06. The number of halogens is 14. The summed E-state index contributed by atoms with van der Waals surface area (Å²) < 4.78 is 204. The van der Waals surface area contributed by atoms with E-state index in [0.717, 1.165) is 0 Å². The molecule has 2 N–H and O–H groups in total. The highest BCUT2D eigenvalue weighted by Gasteiger charge is 2.75. The third-order valence-corrected chi connectivity index (χ3v) is 4.89. The molecule has 0 rings (SSSR count). The molecule has 182 valence electrons. The van der Waals surface area contributed by atoms with Crippen LogP contribution < -0.4 is 5.90 Å². The molecule has 4 nitrogen and oxygen atoms in total. The summed E-state index contributed by atoms with van der Waals surface area (Å²) in [4.78, 5) is 0. The number of hydrogen-bond donors (Lipinski definition) is 1. The highest BCUT2D eigenvalue weighted by atomic mass is 32.2. The Labute approximate surface area is 158 Å². The average Bonchev–Trinajstić information content (AvgIpc) is 2.48. The summed E-state index contributed by atoms with van der Waals surface area (Å²) in [5.41, 5.74) is -12.8. The Hall–Kier alpha value is -1.11. The van der Waals surface area contributed by atoms with Gasteiger partial charge in [-0.15, -0.1) is 0 Å². The maximum Gasteiger partial charge on any atom is 0.431 e. The molecule has 30 heavy (non-hydrogen) atoms. The number of hydrogen-bond acceptors (Lipinski definition) is 4. The van der Waals surface area contributed by atoms with Crippen molar-refractivity contribution in [1.82, 2.24) is 0 Å². The van der Waals surface area contributed by atoms with E-state index in [1.807, 2.05) is 0 Å². The third kappa shape index (κ3) is 6.21. The molecule has 0 aliphatic carbocycles. The van der Waals surface area contributed by atoms with Gasteiger partial charge in [0.2, 0.25) is 0 Å². The minimum atomic E-state index is -6.90. The largest absolute Gasteiger partial charge is 0.431 e. The van der Waals surface area contributed by atoms with Gasteiger partial charge >= 0.3 is 24.7 Å². The molecule has 0 saturated carbocycles. The molecule has 0 aromatic heterocycles. The van der Waals surface area contributed by atoms with Gasteiger partial charge in [-0.2, -0.15) is 71.3 Å². The molecule has 0 unspecified atom stereocenters. The fraction of sp³-hybridized carbons (Fsp3) is 1.00. The first-order valence-electron chi connectivity index (χ1n) is 7.10. The van der Waals surface area contributed by atoms with Crippen molar-refractivity contribution in [2.45, 2.75) is 55.3 Å². The van der Waals surface area contributed by atoms with E-state index in [0.29, 0.717) is 0 Å². The standard InChI is InChI=1S/C11H11F14NO3S/c12-6(8(14,15)16,9(17,18)19)3-5(1-2-30(27,28)29-26)4-7(13,10(20,21)22)11(23,24)25/h5H,1-4,26H2. The Morgan fingerprint density at radius 3 is 1.10 bits per heavy atom. The van der Waals surface area contributed by atoms with Gasteiger partial charge in [0.25, 0.3) is 21.5 Å². The van der Waals surface area contributed by atoms with E-state index in [2.05, 4.69) is 10.2 Å². The van der Waals surface area contributed by atoms with Gasteiger partial charge in [-0.25, -0.2) is 8.78 Å². The first-order chi connectivity index (χ1) is 12.8. The van der Waals surface area contributed by atoms with Crippen LogP contribution in [0.2, 0.25) is 0 Å². The quantitative estimate of drug-likeness (QED) is 0.387. The Bertz CT molecular complexity index is 609. The lowest BCUT2D eigenvalue weighted by Crippen LogP contribution is -2.57. The third-order valence-electron chi connectivity index (χ3n) is 3.86. The van der Waals surface area contributed by atoms with Crippen LogP contribution in [-0.2, 0) is 14.4 Å². The molecule has 0 heterocycles. The summed E-state index contributed by atoms with van der Waals surface area (Å²) >= 11 is 0. The number of alkyl halides is 14. The van der Waals surface area contributed by atoms with Crippen molar-refractivity contribution < 1.29 is 74.2 Å². The maximum absolute atomic E-state index is 13.8. The van der Waals surface area contributed by atoms with E-state index in [1.165, 1.54) is 0 Å². The second kappa shape index (κ2) is 8.44. The van der Waals surface area contributed by atoms with Crippen molar-refractivity contribution >= 4 is 10.1 Å². The number of nitrogens with two attached hydrogens (primary N) is 1. The van der Waals surface area contributed by atoms with Crippen LogP contribution in [0, 0.1) is 5.92 Å². The van der Waals surface area contributed by atoms with Gasteiger partial charge in [-0.3, -0.25) is 0 Å². The topological polar surface area (TPSA) is 69.4 Å². The fourth-order valence-corrected chi connectivity index (χ4v) is 2.93. The van der Waals surface area contributed by atoms with Gasteiger partial charge in [0.1, 0.15) is 0 Å². The van der Waals surface area contributed by atoms with Crippen LogP contribution in [0.25, 0.3) is 0 Å². The zero-order valence-corrected chi connectivity index (χ0v) is 14.7. The fourth-order valence-electron chi connectivity index (χ4n) is 2.22. The van der Waals surface area contributed by atoms with Crippen molar-refractivity contribution in [2.75, 3.05) is 5.75 Å². The second-order valence-electron chi connectivity index (χ2n) is 6.01. The second-order valence-corrected chi connectivity index (χ2v) is 7.73. The van der Waals surface area contributed by atoms with Crippen LogP contribution in [0.1, 0.15) is 19.3 Å². The van der Waals surface area contributed by atoms with Crippen LogP contribution in [0.3, 0.4) is 0 Å². The Morgan fingerprint density at radius 1 is 0.633 bits per heavy atom. The molecule has 0 aliphatic rings. The van der Waals surface area contributed by atoms with Gasteiger partial charge in [-0.1, -0.05) is 0 Å². The van der Waals surface area contributed by atoms with Gasteiger partial charge in [-0.05, 0) is 12.3 Å². The van der Waals surface area contributed by atoms with Crippen LogP contribution in [0.5, 0.6) is 0 Å². The SMILES string of the molecule is NOS(=O)(=O)CCC(CC(F)(C(F)(F)F)C(F)(F)F)CC(F)(C(F)(F)F)C(F)(F)F. The lowest BCUT2D eigenvalue weighted by Gasteiger charge is -2.37. The number of rotatable bonds is 8. The van der Waals surface area contributed by atoms with Gasteiger partial charge in [0, 0.05) is 12.8 Å². The van der Waals surface area contributed by atoms with E-state index >= 15 is 0 Å². The smallest absolute Gasteiger partial charge is 0.224 e. The maximum atomic E-state index is 13.8. The Morgan fingerprint density at radius 2 is 0.900 bits per heavy atom. The highest BCUT2D eigenvalue weighted by Crippen LogP contribution is 2.54. The lowest BCUT2D eigenvalue weighted by molar-refractivity contribution is -0.356. The molecule has 0 saturated heterocycles. The van der Waals surface area contributed by atoms with Crippen molar-refractivity contribution in [1.29, 1.82) is 0 Å². The van der Waals surface area contributed by atoms with Crippen LogP contribution in [0.4, 0.5) is 61.5 Å². The lowest BCUT2D eigenvalue weighted by atomic mass is 9.81.